The first-order chi connectivity index (χ1) is 8.65. The molecular weight excluding hydrogens is 270 g/mol. The van der Waals surface area contributed by atoms with Crippen LogP contribution >= 0.6 is 0 Å². The van der Waals surface area contributed by atoms with Crippen LogP contribution in [-0.2, 0) is 17.1 Å². The highest BCUT2D eigenvalue weighted by molar-refractivity contribution is 7.89. The minimum absolute atomic E-state index is 0.0393. The lowest BCUT2D eigenvalue weighted by molar-refractivity contribution is 0.0686. The van der Waals surface area contributed by atoms with Gasteiger partial charge in [-0.05, 0) is 27.1 Å². The standard InChI is InChI=1S/C11H19N3O4S/c1-8(13(2)3)6-12-19(17,18)9-5-10(11(15)16)14(4)7-9/h5,7-8,12H,6H2,1-4H3,(H,15,16). The molecule has 0 saturated heterocycles. The fourth-order valence-corrected chi connectivity index (χ4v) is 2.58. The number of carboxylic acids is 1. The number of hydrogen-bond acceptors (Lipinski definition) is 4. The second-order valence-corrected chi connectivity index (χ2v) is 6.41. The van der Waals surface area contributed by atoms with Crippen molar-refractivity contribution < 1.29 is 18.3 Å². The Morgan fingerprint density at radius 2 is 2.11 bits per heavy atom. The minimum atomic E-state index is -3.68. The predicted molar refractivity (Wildman–Crippen MR) is 70.7 cm³/mol. The van der Waals surface area contributed by atoms with E-state index in [-0.39, 0.29) is 23.2 Å². The molecule has 0 aliphatic rings. The van der Waals surface area contributed by atoms with Crippen molar-refractivity contribution >= 4 is 16.0 Å². The number of aromatic nitrogens is 1. The number of carbonyl (C=O) groups is 1. The molecule has 1 unspecified atom stereocenters. The Balaban J connectivity index is 2.89. The lowest BCUT2D eigenvalue weighted by atomic mass is 10.3. The third-order valence-corrected chi connectivity index (χ3v) is 4.35. The van der Waals surface area contributed by atoms with Gasteiger partial charge in [-0.15, -0.1) is 0 Å². The smallest absolute Gasteiger partial charge is 0.352 e. The third-order valence-electron chi connectivity index (χ3n) is 2.96. The topological polar surface area (TPSA) is 91.6 Å². The average molecular weight is 289 g/mol. The van der Waals surface area contributed by atoms with Crippen molar-refractivity contribution in [3.8, 4) is 0 Å². The maximum atomic E-state index is 12.0. The summed E-state index contributed by atoms with van der Waals surface area (Å²) < 4.78 is 27.8. The summed E-state index contributed by atoms with van der Waals surface area (Å²) in [5, 5.41) is 8.89. The molecular formula is C11H19N3O4S. The van der Waals surface area contributed by atoms with Crippen LogP contribution in [0, 0.1) is 0 Å². The van der Waals surface area contributed by atoms with E-state index in [9.17, 15) is 13.2 Å². The van der Waals surface area contributed by atoms with Gasteiger partial charge >= 0.3 is 5.97 Å². The molecule has 0 bridgehead atoms. The second-order valence-electron chi connectivity index (χ2n) is 4.64. The third kappa shape index (κ3) is 3.79. The molecule has 0 aliphatic heterocycles. The lowest BCUT2D eigenvalue weighted by Crippen LogP contribution is -2.38. The zero-order valence-corrected chi connectivity index (χ0v) is 12.2. The Kier molecular flexibility index (Phi) is 4.72. The number of nitrogens with one attached hydrogen (secondary N) is 1. The monoisotopic (exact) mass is 289 g/mol. The quantitative estimate of drug-likeness (QED) is 0.766. The first-order valence-corrected chi connectivity index (χ1v) is 7.19. The van der Waals surface area contributed by atoms with E-state index >= 15 is 0 Å². The molecule has 0 aromatic carbocycles. The van der Waals surface area contributed by atoms with Gasteiger partial charge in [0.1, 0.15) is 10.6 Å². The van der Waals surface area contributed by atoms with Crippen molar-refractivity contribution in [1.29, 1.82) is 0 Å². The summed E-state index contributed by atoms with van der Waals surface area (Å²) in [4.78, 5) is 12.7. The molecule has 0 saturated carbocycles. The van der Waals surface area contributed by atoms with Crippen LogP contribution in [0.15, 0.2) is 17.2 Å². The number of rotatable bonds is 6. The first kappa shape index (κ1) is 15.7. The molecule has 1 rings (SSSR count). The van der Waals surface area contributed by atoms with Crippen LogP contribution < -0.4 is 4.72 Å². The molecule has 0 fully saturated rings. The van der Waals surface area contributed by atoms with Crippen molar-refractivity contribution in [1.82, 2.24) is 14.2 Å². The average Bonchev–Trinajstić information content (AvgIpc) is 2.69. The SMILES string of the molecule is CC(CNS(=O)(=O)c1cc(C(=O)O)n(C)c1)N(C)C. The van der Waals surface area contributed by atoms with Crippen LogP contribution in [0.1, 0.15) is 17.4 Å². The highest BCUT2D eigenvalue weighted by Gasteiger charge is 2.20. The van der Waals surface area contributed by atoms with Crippen molar-refractivity contribution in [2.45, 2.75) is 17.9 Å². The Morgan fingerprint density at radius 3 is 2.53 bits per heavy atom. The first-order valence-electron chi connectivity index (χ1n) is 5.71. The van der Waals surface area contributed by atoms with Crippen LogP contribution in [0.5, 0.6) is 0 Å². The van der Waals surface area contributed by atoms with Crippen LogP contribution in [0.4, 0.5) is 0 Å². The Morgan fingerprint density at radius 1 is 1.53 bits per heavy atom. The molecule has 8 heteroatoms. The zero-order chi connectivity index (χ0) is 14.8. The fraction of sp³-hybridized carbons (Fsp3) is 0.545. The van der Waals surface area contributed by atoms with Crippen LogP contribution in [0.3, 0.4) is 0 Å². The van der Waals surface area contributed by atoms with Gasteiger partial charge in [-0.3, -0.25) is 0 Å². The highest BCUT2D eigenvalue weighted by Crippen LogP contribution is 2.13. The molecule has 1 aromatic rings. The van der Waals surface area contributed by atoms with E-state index in [0.29, 0.717) is 0 Å². The summed E-state index contributed by atoms with van der Waals surface area (Å²) in [6.45, 7) is 2.14. The van der Waals surface area contributed by atoms with Crippen molar-refractivity contribution in [3.05, 3.63) is 18.0 Å². The molecule has 1 atom stereocenters. The number of aromatic carboxylic acids is 1. The van der Waals surface area contributed by atoms with Crippen LogP contribution in [0.25, 0.3) is 0 Å². The number of aryl methyl sites for hydroxylation is 1. The Hall–Kier alpha value is -1.38. The zero-order valence-electron chi connectivity index (χ0n) is 11.4. The molecule has 1 heterocycles. The largest absolute Gasteiger partial charge is 0.477 e. The lowest BCUT2D eigenvalue weighted by Gasteiger charge is -2.19. The molecule has 1 aromatic heterocycles. The van der Waals surface area contributed by atoms with Gasteiger partial charge in [0, 0.05) is 25.8 Å². The summed E-state index contributed by atoms with van der Waals surface area (Å²) in [5.74, 6) is -1.16. The molecule has 2 N–H and O–H groups in total. The van der Waals surface area contributed by atoms with Gasteiger partial charge < -0.3 is 14.6 Å². The predicted octanol–water partition coefficient (Wildman–Crippen LogP) is -0.0483. The number of likely N-dealkylation sites (N-methyl/N-ethyl adjacent to an activating group) is 1. The van der Waals surface area contributed by atoms with Gasteiger partial charge in [-0.2, -0.15) is 0 Å². The fourth-order valence-electron chi connectivity index (χ4n) is 1.39. The summed E-state index contributed by atoms with van der Waals surface area (Å²) in [7, 11) is 1.51. The molecule has 108 valence electrons. The van der Waals surface area contributed by atoms with E-state index < -0.39 is 16.0 Å². The number of nitrogens with zero attached hydrogens (tertiary/aromatic N) is 2. The number of sulfonamides is 1. The second kappa shape index (κ2) is 5.72. The van der Waals surface area contributed by atoms with E-state index in [1.54, 1.807) is 0 Å². The summed E-state index contributed by atoms with van der Waals surface area (Å²) in [6, 6.07) is 1.18. The van der Waals surface area contributed by atoms with Crippen molar-refractivity contribution in [2.24, 2.45) is 7.05 Å². The van der Waals surface area contributed by atoms with Gasteiger partial charge in [-0.1, -0.05) is 0 Å². The normalized spacial score (nSPS) is 13.7. The number of carboxylic acid groups (broad SMARTS) is 1. The summed E-state index contributed by atoms with van der Waals surface area (Å²) in [6.07, 6.45) is 1.28. The van der Waals surface area contributed by atoms with Gasteiger partial charge in [-0.25, -0.2) is 17.9 Å². The van der Waals surface area contributed by atoms with E-state index in [4.69, 9.17) is 5.11 Å². The Bertz CT molecular complexity index is 562. The molecule has 19 heavy (non-hydrogen) atoms. The number of hydrogen-bond donors (Lipinski definition) is 2. The molecule has 0 amide bonds. The molecule has 0 radical (unpaired) electrons. The van der Waals surface area contributed by atoms with E-state index in [1.807, 2.05) is 25.9 Å². The maximum Gasteiger partial charge on any atom is 0.352 e. The summed E-state index contributed by atoms with van der Waals surface area (Å²) in [5.41, 5.74) is -0.0685. The van der Waals surface area contributed by atoms with Crippen LogP contribution in [-0.4, -0.2) is 55.6 Å². The van der Waals surface area contributed by atoms with Crippen molar-refractivity contribution in [2.75, 3.05) is 20.6 Å². The van der Waals surface area contributed by atoms with Gasteiger partial charge in [0.15, 0.2) is 0 Å². The highest BCUT2D eigenvalue weighted by atomic mass is 32.2. The van der Waals surface area contributed by atoms with E-state index in [0.717, 1.165) is 6.07 Å². The minimum Gasteiger partial charge on any atom is -0.477 e. The summed E-state index contributed by atoms with van der Waals surface area (Å²) >= 11 is 0. The van der Waals surface area contributed by atoms with Crippen LogP contribution in [0.2, 0.25) is 0 Å². The molecule has 7 nitrogen and oxygen atoms in total. The van der Waals surface area contributed by atoms with Gasteiger partial charge in [0.2, 0.25) is 10.0 Å². The van der Waals surface area contributed by atoms with Crippen molar-refractivity contribution in [3.63, 3.8) is 0 Å². The van der Waals surface area contributed by atoms with Gasteiger partial charge in [0.25, 0.3) is 0 Å². The molecule has 0 aliphatic carbocycles. The Labute approximate surface area is 112 Å². The maximum absolute atomic E-state index is 12.0. The van der Waals surface area contributed by atoms with E-state index in [2.05, 4.69) is 4.72 Å². The van der Waals surface area contributed by atoms with E-state index in [1.165, 1.54) is 17.8 Å². The van der Waals surface area contributed by atoms with Gasteiger partial charge in [0.05, 0.1) is 0 Å². The molecule has 0 spiro atoms.